The number of likely N-dealkylation sites (N-methyl/N-ethyl adjacent to an activating group) is 1. The van der Waals surface area contributed by atoms with Crippen LogP contribution in [0.4, 0.5) is 8.78 Å². The molecule has 8 heteroatoms. The van der Waals surface area contributed by atoms with Gasteiger partial charge in [0.25, 0.3) is 6.43 Å². The molecule has 1 aliphatic heterocycles. The molecule has 1 unspecified atom stereocenters. The molecule has 0 bridgehead atoms. The van der Waals surface area contributed by atoms with Crippen LogP contribution >= 0.6 is 11.3 Å². The standard InChI is InChI=1S/C24H20F2N4OS/c1-24(19-11-10-18(32-19)17-5-3-4-14(12-17)13-27)20(22(31)30(2)23(28)29-24)15-6-8-16(9-7-15)21(25)26/h3-12,20-21H,1-2H3,(H2,28,29)/t20?,24-/m1/s1. The number of hydrogen-bond acceptors (Lipinski definition) is 4. The third-order valence-electron chi connectivity index (χ3n) is 5.78. The minimum atomic E-state index is -2.59. The van der Waals surface area contributed by atoms with Crippen molar-refractivity contribution in [2.24, 2.45) is 0 Å². The first-order valence-electron chi connectivity index (χ1n) is 9.87. The minimum absolute atomic E-state index is 0.0284. The second-order valence-electron chi connectivity index (χ2n) is 7.83. The number of hydrogen-bond donors (Lipinski definition) is 2. The van der Waals surface area contributed by atoms with E-state index in [0.717, 1.165) is 15.3 Å². The van der Waals surface area contributed by atoms with Crippen molar-refractivity contribution in [3.63, 3.8) is 0 Å². The Morgan fingerprint density at radius 1 is 1.19 bits per heavy atom. The predicted octanol–water partition coefficient (Wildman–Crippen LogP) is 5.22. The zero-order valence-corrected chi connectivity index (χ0v) is 18.2. The Morgan fingerprint density at radius 3 is 2.56 bits per heavy atom. The van der Waals surface area contributed by atoms with E-state index in [1.807, 2.05) is 31.2 Å². The van der Waals surface area contributed by atoms with E-state index >= 15 is 0 Å². The molecule has 0 spiro atoms. The molecule has 2 atom stereocenters. The molecule has 5 nitrogen and oxygen atoms in total. The molecule has 0 saturated carbocycles. The van der Waals surface area contributed by atoms with Gasteiger partial charge in [0, 0.05) is 22.4 Å². The average Bonchev–Trinajstić information content (AvgIpc) is 3.29. The van der Waals surface area contributed by atoms with Gasteiger partial charge in [-0.15, -0.1) is 11.3 Å². The van der Waals surface area contributed by atoms with E-state index in [0.29, 0.717) is 11.1 Å². The fraction of sp³-hybridized carbons (Fsp3) is 0.208. The van der Waals surface area contributed by atoms with Crippen LogP contribution in [-0.4, -0.2) is 23.8 Å². The van der Waals surface area contributed by atoms with Crippen molar-refractivity contribution >= 4 is 23.2 Å². The molecule has 1 aliphatic rings. The fourth-order valence-corrected chi connectivity index (χ4v) is 5.12. The molecule has 162 valence electrons. The number of thiophene rings is 1. The smallest absolute Gasteiger partial charge is 0.263 e. The monoisotopic (exact) mass is 450 g/mol. The summed E-state index contributed by atoms with van der Waals surface area (Å²) in [7, 11) is 1.52. The summed E-state index contributed by atoms with van der Waals surface area (Å²) in [6, 6.07) is 19.0. The van der Waals surface area contributed by atoms with Crippen LogP contribution in [0.5, 0.6) is 0 Å². The van der Waals surface area contributed by atoms with Gasteiger partial charge in [-0.2, -0.15) is 5.26 Å². The van der Waals surface area contributed by atoms with E-state index < -0.39 is 17.9 Å². The number of nitrogens with one attached hydrogen (secondary N) is 2. The number of alkyl halides is 2. The lowest BCUT2D eigenvalue weighted by Crippen LogP contribution is -2.62. The molecule has 0 aliphatic carbocycles. The number of benzene rings is 2. The predicted molar refractivity (Wildman–Crippen MR) is 120 cm³/mol. The van der Waals surface area contributed by atoms with Crippen molar-refractivity contribution in [2.45, 2.75) is 24.8 Å². The lowest BCUT2D eigenvalue weighted by Gasteiger charge is -2.45. The van der Waals surface area contributed by atoms with E-state index in [2.05, 4.69) is 11.4 Å². The topological polar surface area (TPSA) is 80.0 Å². The molecule has 1 amide bonds. The number of nitrogens with zero attached hydrogens (tertiary/aromatic N) is 2. The highest BCUT2D eigenvalue weighted by Gasteiger charge is 2.49. The highest BCUT2D eigenvalue weighted by molar-refractivity contribution is 7.15. The Morgan fingerprint density at radius 2 is 1.91 bits per heavy atom. The van der Waals surface area contributed by atoms with Crippen molar-refractivity contribution in [1.82, 2.24) is 10.2 Å². The summed E-state index contributed by atoms with van der Waals surface area (Å²) in [5.41, 5.74) is 0.966. The molecule has 2 aromatic carbocycles. The number of nitriles is 1. The summed E-state index contributed by atoms with van der Waals surface area (Å²) in [5.74, 6) is -1.04. The maximum Gasteiger partial charge on any atom is 0.263 e. The number of halogens is 2. The highest BCUT2D eigenvalue weighted by atomic mass is 32.1. The van der Waals surface area contributed by atoms with Crippen LogP contribution in [0.15, 0.2) is 60.7 Å². The van der Waals surface area contributed by atoms with Gasteiger partial charge >= 0.3 is 0 Å². The summed E-state index contributed by atoms with van der Waals surface area (Å²) in [6.45, 7) is 1.85. The summed E-state index contributed by atoms with van der Waals surface area (Å²) in [5, 5.41) is 20.6. The lowest BCUT2D eigenvalue weighted by molar-refractivity contribution is -0.131. The maximum atomic E-state index is 13.3. The summed E-state index contributed by atoms with van der Waals surface area (Å²) >= 11 is 1.46. The SMILES string of the molecule is CN1C(=N)N[C@](C)(c2ccc(-c3cccc(C#N)c3)s2)C(c2ccc(C(F)F)cc2)C1=O. The van der Waals surface area contributed by atoms with Crippen LogP contribution < -0.4 is 5.32 Å². The summed E-state index contributed by atoms with van der Waals surface area (Å²) < 4.78 is 26.1. The number of amides is 1. The van der Waals surface area contributed by atoms with Crippen LogP contribution in [0.1, 0.15) is 40.8 Å². The Labute approximate surface area is 188 Å². The van der Waals surface area contributed by atoms with Crippen molar-refractivity contribution < 1.29 is 13.6 Å². The average molecular weight is 451 g/mol. The van der Waals surface area contributed by atoms with Gasteiger partial charge in [-0.25, -0.2) is 8.78 Å². The molecule has 32 heavy (non-hydrogen) atoms. The molecule has 2 heterocycles. The summed E-state index contributed by atoms with van der Waals surface area (Å²) in [6.07, 6.45) is -2.59. The Bertz CT molecular complexity index is 1230. The molecule has 2 N–H and O–H groups in total. The van der Waals surface area contributed by atoms with Gasteiger partial charge in [0.15, 0.2) is 5.96 Å². The van der Waals surface area contributed by atoms with Crippen LogP contribution in [-0.2, 0) is 10.3 Å². The second kappa shape index (κ2) is 8.17. The number of carbonyl (C=O) groups excluding carboxylic acids is 1. The largest absolute Gasteiger partial charge is 0.345 e. The summed E-state index contributed by atoms with van der Waals surface area (Å²) in [4.78, 5) is 16.2. The fourth-order valence-electron chi connectivity index (χ4n) is 3.98. The van der Waals surface area contributed by atoms with Crippen molar-refractivity contribution in [1.29, 1.82) is 10.7 Å². The molecule has 4 rings (SSSR count). The first kappa shape index (κ1) is 21.7. The Balaban J connectivity index is 1.79. The first-order chi connectivity index (χ1) is 15.2. The zero-order valence-electron chi connectivity index (χ0n) is 17.4. The number of guanidine groups is 1. The van der Waals surface area contributed by atoms with Gasteiger partial charge in [-0.05, 0) is 42.3 Å². The van der Waals surface area contributed by atoms with Gasteiger partial charge in [-0.3, -0.25) is 15.1 Å². The molecule has 1 saturated heterocycles. The van der Waals surface area contributed by atoms with E-state index in [-0.39, 0.29) is 17.4 Å². The van der Waals surface area contributed by atoms with E-state index in [1.165, 1.54) is 35.4 Å². The van der Waals surface area contributed by atoms with E-state index in [9.17, 15) is 18.8 Å². The van der Waals surface area contributed by atoms with Crippen LogP contribution in [0.25, 0.3) is 10.4 Å². The quantitative estimate of drug-likeness (QED) is 0.572. The van der Waals surface area contributed by atoms with Gasteiger partial charge in [0.2, 0.25) is 5.91 Å². The van der Waals surface area contributed by atoms with Crippen LogP contribution in [0.3, 0.4) is 0 Å². The molecular formula is C24H20F2N4OS. The van der Waals surface area contributed by atoms with E-state index in [4.69, 9.17) is 5.41 Å². The second-order valence-corrected chi connectivity index (χ2v) is 8.91. The highest BCUT2D eigenvalue weighted by Crippen LogP contribution is 2.45. The van der Waals surface area contributed by atoms with Gasteiger partial charge in [0.1, 0.15) is 0 Å². The first-order valence-corrected chi connectivity index (χ1v) is 10.7. The third-order valence-corrected chi connectivity index (χ3v) is 7.16. The third kappa shape index (κ3) is 3.65. The normalized spacial score (nSPS) is 20.9. The molecular weight excluding hydrogens is 430 g/mol. The van der Waals surface area contributed by atoms with Crippen LogP contribution in [0, 0.1) is 16.7 Å². The molecule has 0 radical (unpaired) electrons. The number of rotatable bonds is 4. The molecule has 3 aromatic rings. The van der Waals surface area contributed by atoms with Crippen molar-refractivity contribution in [3.05, 3.63) is 82.2 Å². The minimum Gasteiger partial charge on any atom is -0.345 e. The Kier molecular flexibility index (Phi) is 5.53. The zero-order chi connectivity index (χ0) is 23.0. The maximum absolute atomic E-state index is 13.3. The Hall–Kier alpha value is -3.57. The van der Waals surface area contributed by atoms with E-state index in [1.54, 1.807) is 24.3 Å². The lowest BCUT2D eigenvalue weighted by atomic mass is 9.77. The van der Waals surface area contributed by atoms with Gasteiger partial charge in [0.05, 0.1) is 23.1 Å². The van der Waals surface area contributed by atoms with Crippen molar-refractivity contribution in [2.75, 3.05) is 7.05 Å². The van der Waals surface area contributed by atoms with Gasteiger partial charge in [-0.1, -0.05) is 36.4 Å². The number of carbonyl (C=O) groups is 1. The van der Waals surface area contributed by atoms with Gasteiger partial charge < -0.3 is 5.32 Å². The van der Waals surface area contributed by atoms with Crippen molar-refractivity contribution in [3.8, 4) is 16.5 Å². The molecule has 1 aromatic heterocycles. The van der Waals surface area contributed by atoms with Crippen LogP contribution in [0.2, 0.25) is 0 Å². The molecule has 1 fully saturated rings.